The fourth-order valence-electron chi connectivity index (χ4n) is 2.23. The van der Waals surface area contributed by atoms with Gasteiger partial charge in [-0.05, 0) is 55.3 Å². The molecule has 0 aliphatic carbocycles. The van der Waals surface area contributed by atoms with Gasteiger partial charge in [-0.2, -0.15) is 0 Å². The van der Waals surface area contributed by atoms with Gasteiger partial charge in [-0.1, -0.05) is 6.92 Å². The number of piperidine rings is 1. The van der Waals surface area contributed by atoms with Crippen molar-refractivity contribution < 1.29 is 4.79 Å². The van der Waals surface area contributed by atoms with Crippen molar-refractivity contribution in [2.75, 3.05) is 19.6 Å². The molecule has 2 rings (SSSR count). The van der Waals surface area contributed by atoms with E-state index < -0.39 is 0 Å². The number of nitrogens with one attached hydrogen (secondary N) is 2. The predicted octanol–water partition coefficient (Wildman–Crippen LogP) is 2.46. The van der Waals surface area contributed by atoms with Gasteiger partial charge < -0.3 is 10.6 Å². The van der Waals surface area contributed by atoms with Gasteiger partial charge >= 0.3 is 0 Å². The Kier molecular flexibility index (Phi) is 6.68. The summed E-state index contributed by atoms with van der Waals surface area (Å²) in [5.74, 6) is 0.695. The van der Waals surface area contributed by atoms with Crippen molar-refractivity contribution in [3.63, 3.8) is 0 Å². The highest BCUT2D eigenvalue weighted by Gasteiger charge is 2.16. The van der Waals surface area contributed by atoms with Crippen molar-refractivity contribution in [1.29, 1.82) is 0 Å². The molecular weight excluding hydrogens is 268 g/mol. The van der Waals surface area contributed by atoms with E-state index in [-0.39, 0.29) is 18.3 Å². The molecule has 1 aromatic rings. The van der Waals surface area contributed by atoms with Crippen LogP contribution in [-0.4, -0.2) is 25.5 Å². The van der Waals surface area contributed by atoms with Crippen molar-refractivity contribution in [3.05, 3.63) is 21.9 Å². The summed E-state index contributed by atoms with van der Waals surface area (Å²) in [6.07, 6.45) is 3.37. The number of carbonyl (C=O) groups is 1. The molecule has 18 heavy (non-hydrogen) atoms. The standard InChI is InChI=1S/C13H20N2OS.ClH/c1-2-11-5-7-17-12(11)13(16)15-9-10-4-3-6-14-8-10;/h5,7,10,14H,2-4,6,8-9H2,1H3,(H,15,16);1H. The SMILES string of the molecule is CCc1ccsc1C(=O)NCC1CCCNC1.Cl. The van der Waals surface area contributed by atoms with Crippen LogP contribution < -0.4 is 10.6 Å². The van der Waals surface area contributed by atoms with Crippen LogP contribution in [0.5, 0.6) is 0 Å². The zero-order valence-electron chi connectivity index (χ0n) is 10.7. The Bertz CT molecular complexity index is 375. The minimum atomic E-state index is 0. The summed E-state index contributed by atoms with van der Waals surface area (Å²) >= 11 is 1.54. The first-order valence-corrected chi connectivity index (χ1v) is 7.24. The van der Waals surface area contributed by atoms with E-state index in [2.05, 4.69) is 17.6 Å². The summed E-state index contributed by atoms with van der Waals surface area (Å²) in [6, 6.07) is 2.04. The van der Waals surface area contributed by atoms with Crippen LogP contribution in [0.15, 0.2) is 11.4 Å². The molecule has 0 bridgehead atoms. The second kappa shape index (κ2) is 7.77. The summed E-state index contributed by atoms with van der Waals surface area (Å²) in [6.45, 7) is 5.04. The molecule has 2 N–H and O–H groups in total. The van der Waals surface area contributed by atoms with E-state index in [4.69, 9.17) is 0 Å². The highest BCUT2D eigenvalue weighted by atomic mass is 35.5. The lowest BCUT2D eigenvalue weighted by molar-refractivity contribution is 0.0948. The third-order valence-electron chi connectivity index (χ3n) is 3.28. The van der Waals surface area contributed by atoms with E-state index in [1.165, 1.54) is 12.8 Å². The lowest BCUT2D eigenvalue weighted by atomic mass is 10.00. The molecule has 1 fully saturated rings. The molecule has 5 heteroatoms. The Balaban J connectivity index is 0.00000162. The van der Waals surface area contributed by atoms with Crippen molar-refractivity contribution >= 4 is 29.7 Å². The van der Waals surface area contributed by atoms with Gasteiger partial charge in [0.05, 0.1) is 4.88 Å². The van der Waals surface area contributed by atoms with E-state index in [0.29, 0.717) is 5.92 Å². The molecule has 1 unspecified atom stereocenters. The van der Waals surface area contributed by atoms with Gasteiger partial charge in [0.1, 0.15) is 0 Å². The van der Waals surface area contributed by atoms with E-state index in [0.717, 1.165) is 36.5 Å². The lowest BCUT2D eigenvalue weighted by Gasteiger charge is -2.22. The maximum absolute atomic E-state index is 12.0. The second-order valence-corrected chi connectivity index (χ2v) is 5.47. The molecule has 0 spiro atoms. The van der Waals surface area contributed by atoms with Crippen LogP contribution >= 0.6 is 23.7 Å². The Labute approximate surface area is 119 Å². The summed E-state index contributed by atoms with van der Waals surface area (Å²) in [4.78, 5) is 12.9. The topological polar surface area (TPSA) is 41.1 Å². The van der Waals surface area contributed by atoms with E-state index in [9.17, 15) is 4.79 Å². The maximum Gasteiger partial charge on any atom is 0.261 e. The fraction of sp³-hybridized carbons (Fsp3) is 0.615. The fourth-order valence-corrected chi connectivity index (χ4v) is 3.14. The first-order chi connectivity index (χ1) is 8.31. The number of halogens is 1. The van der Waals surface area contributed by atoms with Crippen molar-refractivity contribution in [2.45, 2.75) is 26.2 Å². The number of hydrogen-bond acceptors (Lipinski definition) is 3. The molecule has 0 radical (unpaired) electrons. The Morgan fingerprint density at radius 2 is 2.44 bits per heavy atom. The predicted molar refractivity (Wildman–Crippen MR) is 78.9 cm³/mol. The van der Waals surface area contributed by atoms with Crippen LogP contribution in [0.25, 0.3) is 0 Å². The Hall–Kier alpha value is -0.580. The zero-order valence-corrected chi connectivity index (χ0v) is 12.3. The van der Waals surface area contributed by atoms with Gasteiger partial charge in [0, 0.05) is 6.54 Å². The van der Waals surface area contributed by atoms with Gasteiger partial charge in [-0.25, -0.2) is 0 Å². The minimum absolute atomic E-state index is 0. The van der Waals surface area contributed by atoms with Crippen LogP contribution in [0.2, 0.25) is 0 Å². The first-order valence-electron chi connectivity index (χ1n) is 6.36. The minimum Gasteiger partial charge on any atom is -0.351 e. The molecule has 1 atom stereocenters. The molecule has 1 aliphatic heterocycles. The lowest BCUT2D eigenvalue weighted by Crippen LogP contribution is -2.38. The van der Waals surface area contributed by atoms with Crippen LogP contribution in [0.4, 0.5) is 0 Å². The second-order valence-electron chi connectivity index (χ2n) is 4.55. The van der Waals surface area contributed by atoms with E-state index >= 15 is 0 Å². The summed E-state index contributed by atoms with van der Waals surface area (Å²) < 4.78 is 0. The van der Waals surface area contributed by atoms with Crippen LogP contribution in [0.1, 0.15) is 35.0 Å². The van der Waals surface area contributed by atoms with Gasteiger partial charge in [-0.3, -0.25) is 4.79 Å². The molecule has 3 nitrogen and oxygen atoms in total. The number of rotatable bonds is 4. The molecular formula is C13H21ClN2OS. The number of hydrogen-bond donors (Lipinski definition) is 2. The number of thiophene rings is 1. The van der Waals surface area contributed by atoms with Crippen molar-refractivity contribution in [1.82, 2.24) is 10.6 Å². The Morgan fingerprint density at radius 3 is 3.11 bits per heavy atom. The smallest absolute Gasteiger partial charge is 0.261 e. The van der Waals surface area contributed by atoms with Gasteiger partial charge in [0.25, 0.3) is 5.91 Å². The molecule has 1 aromatic heterocycles. The Morgan fingerprint density at radius 1 is 1.61 bits per heavy atom. The highest BCUT2D eigenvalue weighted by Crippen LogP contribution is 2.17. The molecule has 102 valence electrons. The number of aryl methyl sites for hydroxylation is 1. The van der Waals surface area contributed by atoms with E-state index in [1.807, 2.05) is 11.4 Å². The zero-order chi connectivity index (χ0) is 12.1. The molecule has 1 aliphatic rings. The van der Waals surface area contributed by atoms with Crippen molar-refractivity contribution in [2.24, 2.45) is 5.92 Å². The monoisotopic (exact) mass is 288 g/mol. The molecule has 2 heterocycles. The van der Waals surface area contributed by atoms with Gasteiger partial charge in [0.2, 0.25) is 0 Å². The van der Waals surface area contributed by atoms with Crippen molar-refractivity contribution in [3.8, 4) is 0 Å². The largest absolute Gasteiger partial charge is 0.351 e. The number of amides is 1. The van der Waals surface area contributed by atoms with Crippen LogP contribution in [0.3, 0.4) is 0 Å². The molecule has 1 saturated heterocycles. The average molecular weight is 289 g/mol. The third-order valence-corrected chi connectivity index (χ3v) is 4.24. The number of carbonyl (C=O) groups excluding carboxylic acids is 1. The average Bonchev–Trinajstić information content (AvgIpc) is 2.85. The summed E-state index contributed by atoms with van der Waals surface area (Å²) in [5.41, 5.74) is 1.16. The maximum atomic E-state index is 12.0. The summed E-state index contributed by atoms with van der Waals surface area (Å²) in [7, 11) is 0. The summed E-state index contributed by atoms with van der Waals surface area (Å²) in [5, 5.41) is 8.42. The highest BCUT2D eigenvalue weighted by molar-refractivity contribution is 7.12. The quantitative estimate of drug-likeness (QED) is 0.894. The molecule has 0 saturated carbocycles. The van der Waals surface area contributed by atoms with Crippen LogP contribution in [-0.2, 0) is 6.42 Å². The molecule has 1 amide bonds. The molecule has 0 aromatic carbocycles. The van der Waals surface area contributed by atoms with Gasteiger partial charge in [-0.15, -0.1) is 23.7 Å². The van der Waals surface area contributed by atoms with Crippen LogP contribution in [0, 0.1) is 5.92 Å². The van der Waals surface area contributed by atoms with E-state index in [1.54, 1.807) is 11.3 Å². The normalized spacial score (nSPS) is 19.1. The first kappa shape index (κ1) is 15.5. The third kappa shape index (κ3) is 3.97. The van der Waals surface area contributed by atoms with Gasteiger partial charge in [0.15, 0.2) is 0 Å².